The molecule has 2 atom stereocenters. The van der Waals surface area contributed by atoms with E-state index in [0.29, 0.717) is 24.1 Å². The fraction of sp³-hybridized carbons (Fsp3) is 0.458. The van der Waals surface area contributed by atoms with E-state index in [2.05, 4.69) is 5.32 Å². The number of aliphatic hydroxyl groups is 1. The lowest BCUT2D eigenvalue weighted by Gasteiger charge is -2.37. The van der Waals surface area contributed by atoms with Crippen molar-refractivity contribution in [1.29, 1.82) is 0 Å². The molecule has 2 N–H and O–H groups in total. The average Bonchev–Trinajstić information content (AvgIpc) is 3.12. The first-order valence-corrected chi connectivity index (χ1v) is 10.8. The molecule has 4 heterocycles. The van der Waals surface area contributed by atoms with Gasteiger partial charge in [-0.15, -0.1) is 0 Å². The monoisotopic (exact) mass is 408 g/mol. The second-order valence-corrected chi connectivity index (χ2v) is 9.03. The zero-order valence-corrected chi connectivity index (χ0v) is 17.3. The molecule has 0 saturated heterocycles. The van der Waals surface area contributed by atoms with Crippen LogP contribution in [0.2, 0.25) is 0 Å². The van der Waals surface area contributed by atoms with Crippen LogP contribution in [0.5, 0.6) is 0 Å². The van der Waals surface area contributed by atoms with Crippen LogP contribution in [0.25, 0.3) is 5.70 Å². The summed E-state index contributed by atoms with van der Waals surface area (Å²) in [6.07, 6.45) is 4.98. The third-order valence-electron chi connectivity index (χ3n) is 7.55. The molecule has 0 amide bonds. The number of hydrogen-bond donors (Lipinski definition) is 2. The minimum absolute atomic E-state index is 0.0941. The predicted molar refractivity (Wildman–Crippen MR) is 111 cm³/mol. The van der Waals surface area contributed by atoms with E-state index in [0.717, 1.165) is 47.4 Å². The molecular formula is C24H25FN2O3. The third-order valence-corrected chi connectivity index (χ3v) is 7.55. The Morgan fingerprint density at radius 1 is 1.33 bits per heavy atom. The van der Waals surface area contributed by atoms with Crippen molar-refractivity contribution < 1.29 is 14.2 Å². The molecule has 0 bridgehead atoms. The molecular weight excluding hydrogens is 383 g/mol. The number of rotatable bonds is 1. The van der Waals surface area contributed by atoms with Gasteiger partial charge in [-0.1, -0.05) is 6.92 Å². The van der Waals surface area contributed by atoms with Crippen molar-refractivity contribution in [3.05, 3.63) is 73.0 Å². The van der Waals surface area contributed by atoms with Crippen molar-refractivity contribution in [3.8, 4) is 0 Å². The van der Waals surface area contributed by atoms with E-state index in [4.69, 9.17) is 4.74 Å². The first-order chi connectivity index (χ1) is 14.4. The van der Waals surface area contributed by atoms with Crippen molar-refractivity contribution in [3.63, 3.8) is 0 Å². The standard InChI is InChI=1S/C24H25FN2O3/c1-3-24(29)11-30-10-16-17(24)7-20-22-15(9-27(20)23(16)28)14-6-4-5-13-12(2)18(25)8-19(26-22)21(13)14/h7-8,19,26,29H,3-6,9-11H2,1-2H3/t19?,24-/m1/s1. The molecule has 30 heavy (non-hydrogen) atoms. The fourth-order valence-electron chi connectivity index (χ4n) is 5.84. The Hall–Kier alpha value is -2.44. The number of aromatic nitrogens is 1. The average molecular weight is 408 g/mol. The van der Waals surface area contributed by atoms with Gasteiger partial charge in [0.1, 0.15) is 11.4 Å². The maximum atomic E-state index is 14.6. The summed E-state index contributed by atoms with van der Waals surface area (Å²) in [4.78, 5) is 13.4. The number of ether oxygens (including phenoxy) is 1. The van der Waals surface area contributed by atoms with Crippen molar-refractivity contribution in [2.75, 3.05) is 6.61 Å². The Bertz CT molecular complexity index is 1200. The van der Waals surface area contributed by atoms with Crippen LogP contribution in [0.1, 0.15) is 56.4 Å². The van der Waals surface area contributed by atoms with Gasteiger partial charge in [0.15, 0.2) is 0 Å². The molecule has 1 unspecified atom stereocenters. The van der Waals surface area contributed by atoms with Crippen molar-refractivity contribution in [1.82, 2.24) is 9.88 Å². The lowest BCUT2D eigenvalue weighted by molar-refractivity contribution is -0.0758. The Balaban J connectivity index is 1.57. The summed E-state index contributed by atoms with van der Waals surface area (Å²) in [6.45, 7) is 4.70. The molecule has 5 nitrogen and oxygen atoms in total. The Labute approximate surface area is 174 Å². The summed E-state index contributed by atoms with van der Waals surface area (Å²) in [5.41, 5.74) is 7.16. The van der Waals surface area contributed by atoms with Crippen LogP contribution in [-0.2, 0) is 23.5 Å². The van der Waals surface area contributed by atoms with Crippen molar-refractivity contribution in [2.24, 2.45) is 0 Å². The van der Waals surface area contributed by atoms with E-state index in [-0.39, 0.29) is 30.6 Å². The Morgan fingerprint density at radius 3 is 2.93 bits per heavy atom. The van der Waals surface area contributed by atoms with Crippen molar-refractivity contribution >= 4 is 5.70 Å². The maximum Gasteiger partial charge on any atom is 0.257 e. The first kappa shape index (κ1) is 18.3. The van der Waals surface area contributed by atoms with Crippen LogP contribution in [0.3, 0.4) is 0 Å². The number of fused-ring (bicyclic) bond motifs is 4. The van der Waals surface area contributed by atoms with Gasteiger partial charge in [-0.05, 0) is 72.6 Å². The van der Waals surface area contributed by atoms with Gasteiger partial charge < -0.3 is 19.7 Å². The van der Waals surface area contributed by atoms with E-state index >= 15 is 0 Å². The molecule has 0 radical (unpaired) electrons. The second-order valence-electron chi connectivity index (χ2n) is 9.03. The number of pyridine rings is 1. The summed E-state index contributed by atoms with van der Waals surface area (Å²) >= 11 is 0. The highest BCUT2D eigenvalue weighted by atomic mass is 19.1. The molecule has 1 aromatic rings. The second kappa shape index (κ2) is 6.05. The van der Waals surface area contributed by atoms with Gasteiger partial charge in [-0.2, -0.15) is 0 Å². The molecule has 0 fully saturated rings. The highest BCUT2D eigenvalue weighted by Crippen LogP contribution is 2.48. The summed E-state index contributed by atoms with van der Waals surface area (Å²) < 4.78 is 22.0. The number of dihydropyridines is 1. The zero-order valence-electron chi connectivity index (χ0n) is 17.3. The van der Waals surface area contributed by atoms with Crippen LogP contribution in [0.4, 0.5) is 4.39 Å². The zero-order chi connectivity index (χ0) is 20.8. The van der Waals surface area contributed by atoms with E-state index in [1.165, 1.54) is 11.1 Å². The van der Waals surface area contributed by atoms with Crippen molar-refractivity contribution in [2.45, 2.75) is 64.3 Å². The summed E-state index contributed by atoms with van der Waals surface area (Å²) in [5.74, 6) is -0.158. The number of nitrogens with one attached hydrogen (secondary N) is 1. The lowest BCUT2D eigenvalue weighted by Crippen LogP contribution is -2.41. The molecule has 1 aromatic heterocycles. The van der Waals surface area contributed by atoms with Gasteiger partial charge in [0.05, 0.1) is 37.2 Å². The van der Waals surface area contributed by atoms with E-state index in [1.807, 2.05) is 19.9 Å². The molecule has 6 rings (SSSR count). The SMILES string of the molecule is CC[C@@]1(O)COCc2c1cc1n(c2=O)CC2=C1NC1C=C(F)C(C)=C3CCCC2=C31. The minimum atomic E-state index is -1.15. The first-order valence-electron chi connectivity index (χ1n) is 10.8. The largest absolute Gasteiger partial charge is 0.383 e. The summed E-state index contributed by atoms with van der Waals surface area (Å²) in [6, 6.07) is 1.75. The smallest absolute Gasteiger partial charge is 0.257 e. The minimum Gasteiger partial charge on any atom is -0.383 e. The van der Waals surface area contributed by atoms with Crippen LogP contribution >= 0.6 is 0 Å². The Morgan fingerprint density at radius 2 is 2.13 bits per heavy atom. The van der Waals surface area contributed by atoms with Gasteiger partial charge in [-0.25, -0.2) is 4.39 Å². The van der Waals surface area contributed by atoms with Gasteiger partial charge in [-0.3, -0.25) is 4.79 Å². The van der Waals surface area contributed by atoms with Crippen LogP contribution in [0.15, 0.2) is 50.6 Å². The number of allylic oxidation sites excluding steroid dienone is 4. The normalized spacial score (nSPS) is 29.2. The van der Waals surface area contributed by atoms with Crippen LogP contribution < -0.4 is 10.9 Å². The number of nitrogens with zero attached hydrogens (tertiary/aromatic N) is 1. The van der Waals surface area contributed by atoms with Gasteiger partial charge in [0.2, 0.25) is 0 Å². The Kier molecular flexibility index (Phi) is 3.70. The molecule has 156 valence electrons. The topological polar surface area (TPSA) is 63.5 Å². The van der Waals surface area contributed by atoms with E-state index < -0.39 is 5.60 Å². The van der Waals surface area contributed by atoms with E-state index in [9.17, 15) is 14.3 Å². The summed E-state index contributed by atoms with van der Waals surface area (Å²) in [7, 11) is 0. The molecule has 5 aliphatic rings. The molecule has 6 heteroatoms. The number of halogens is 1. The predicted octanol–water partition coefficient (Wildman–Crippen LogP) is 3.34. The fourth-order valence-corrected chi connectivity index (χ4v) is 5.84. The third kappa shape index (κ3) is 2.21. The van der Waals surface area contributed by atoms with Crippen LogP contribution in [-0.4, -0.2) is 22.3 Å². The maximum absolute atomic E-state index is 14.6. The van der Waals surface area contributed by atoms with E-state index in [1.54, 1.807) is 10.6 Å². The molecule has 2 aliphatic carbocycles. The van der Waals surface area contributed by atoms with Gasteiger partial charge >= 0.3 is 0 Å². The molecule has 3 aliphatic heterocycles. The molecule has 0 aromatic carbocycles. The lowest BCUT2D eigenvalue weighted by atomic mass is 9.74. The summed E-state index contributed by atoms with van der Waals surface area (Å²) in [5, 5.41) is 14.6. The molecule has 0 spiro atoms. The highest BCUT2D eigenvalue weighted by Gasteiger charge is 2.42. The van der Waals surface area contributed by atoms with Gasteiger partial charge in [0, 0.05) is 11.1 Å². The van der Waals surface area contributed by atoms with Crippen LogP contribution in [0, 0.1) is 0 Å². The highest BCUT2D eigenvalue weighted by molar-refractivity contribution is 5.79. The quantitative estimate of drug-likeness (QED) is 0.748. The number of hydrogen-bond acceptors (Lipinski definition) is 4. The molecule has 0 saturated carbocycles. The van der Waals surface area contributed by atoms with Gasteiger partial charge in [0.25, 0.3) is 5.56 Å².